The zero-order valence-corrected chi connectivity index (χ0v) is 13.4. The van der Waals surface area contributed by atoms with E-state index in [1.165, 1.54) is 12.1 Å². The average Bonchev–Trinajstić information content (AvgIpc) is 2.40. The van der Waals surface area contributed by atoms with Gasteiger partial charge in [0.25, 0.3) is 0 Å². The third-order valence-electron chi connectivity index (χ3n) is 4.20. The summed E-state index contributed by atoms with van der Waals surface area (Å²) in [5.41, 5.74) is 0.357. The zero-order chi connectivity index (χ0) is 15.5. The number of benzene rings is 1. The lowest BCUT2D eigenvalue weighted by molar-refractivity contribution is 0.213. The fourth-order valence-electron chi connectivity index (χ4n) is 2.61. The van der Waals surface area contributed by atoms with Crippen molar-refractivity contribution in [1.29, 1.82) is 0 Å². The molecule has 1 aromatic carbocycles. The Labute approximate surface area is 126 Å². The van der Waals surface area contributed by atoms with Crippen molar-refractivity contribution in [2.24, 2.45) is 0 Å². The fourth-order valence-corrected chi connectivity index (χ4v) is 4.20. The molecule has 0 aromatic heterocycles. The van der Waals surface area contributed by atoms with Gasteiger partial charge in [0, 0.05) is 12.1 Å². The standard InChI is InChI=1S/C15H23FN2O2S/c1-3-15(8-5-9-15)18-21(19,20)14-7-6-12(10-13(14)16)11-17-4-2/h6-7,10,17-18H,3-5,8-9,11H2,1-2H3. The van der Waals surface area contributed by atoms with E-state index in [1.54, 1.807) is 6.07 Å². The second-order valence-corrected chi connectivity index (χ2v) is 7.29. The van der Waals surface area contributed by atoms with Crippen LogP contribution in [0.25, 0.3) is 0 Å². The minimum Gasteiger partial charge on any atom is -0.313 e. The van der Waals surface area contributed by atoms with Crippen molar-refractivity contribution >= 4 is 10.0 Å². The van der Waals surface area contributed by atoms with E-state index in [1.807, 2.05) is 13.8 Å². The summed E-state index contributed by atoms with van der Waals surface area (Å²) < 4.78 is 41.6. The SMILES string of the molecule is CCNCc1ccc(S(=O)(=O)NC2(CC)CCC2)c(F)c1. The maximum absolute atomic E-state index is 14.1. The number of nitrogens with one attached hydrogen (secondary N) is 2. The van der Waals surface area contributed by atoms with Crippen LogP contribution in [-0.4, -0.2) is 20.5 Å². The fraction of sp³-hybridized carbons (Fsp3) is 0.600. The van der Waals surface area contributed by atoms with Crippen molar-refractivity contribution in [2.75, 3.05) is 6.54 Å². The van der Waals surface area contributed by atoms with Crippen molar-refractivity contribution in [3.05, 3.63) is 29.6 Å². The van der Waals surface area contributed by atoms with E-state index in [0.29, 0.717) is 6.54 Å². The highest BCUT2D eigenvalue weighted by atomic mass is 32.2. The van der Waals surface area contributed by atoms with E-state index >= 15 is 0 Å². The molecule has 21 heavy (non-hydrogen) atoms. The van der Waals surface area contributed by atoms with E-state index in [0.717, 1.165) is 37.8 Å². The van der Waals surface area contributed by atoms with Gasteiger partial charge in [-0.05, 0) is 49.9 Å². The van der Waals surface area contributed by atoms with Crippen LogP contribution >= 0.6 is 0 Å². The summed E-state index contributed by atoms with van der Waals surface area (Å²) in [5.74, 6) is -0.691. The molecule has 6 heteroatoms. The lowest BCUT2D eigenvalue weighted by Crippen LogP contribution is -2.52. The van der Waals surface area contributed by atoms with Crippen LogP contribution in [0.4, 0.5) is 4.39 Å². The molecule has 1 aliphatic rings. The summed E-state index contributed by atoms with van der Waals surface area (Å²) in [7, 11) is -3.80. The molecule has 0 heterocycles. The van der Waals surface area contributed by atoms with Gasteiger partial charge in [-0.3, -0.25) is 0 Å². The van der Waals surface area contributed by atoms with Crippen molar-refractivity contribution in [2.45, 2.75) is 56.5 Å². The first-order valence-electron chi connectivity index (χ1n) is 7.45. The van der Waals surface area contributed by atoms with Gasteiger partial charge in [0.2, 0.25) is 10.0 Å². The summed E-state index contributed by atoms with van der Waals surface area (Å²) >= 11 is 0. The molecule has 1 fully saturated rings. The number of hydrogen-bond donors (Lipinski definition) is 2. The van der Waals surface area contributed by atoms with Gasteiger partial charge in [0.1, 0.15) is 10.7 Å². The predicted octanol–water partition coefficient (Wildman–Crippen LogP) is 2.55. The molecule has 0 amide bonds. The van der Waals surface area contributed by atoms with Gasteiger partial charge in [-0.25, -0.2) is 17.5 Å². The van der Waals surface area contributed by atoms with Gasteiger partial charge < -0.3 is 5.32 Å². The number of hydrogen-bond acceptors (Lipinski definition) is 3. The number of rotatable bonds is 7. The second-order valence-electron chi connectivity index (χ2n) is 5.64. The monoisotopic (exact) mass is 314 g/mol. The summed E-state index contributed by atoms with van der Waals surface area (Å²) in [6, 6.07) is 4.29. The van der Waals surface area contributed by atoms with Crippen LogP contribution in [0.1, 0.15) is 45.1 Å². The Morgan fingerprint density at radius 1 is 1.29 bits per heavy atom. The quantitative estimate of drug-likeness (QED) is 0.813. The van der Waals surface area contributed by atoms with E-state index < -0.39 is 15.8 Å². The van der Waals surface area contributed by atoms with Crippen molar-refractivity contribution < 1.29 is 12.8 Å². The van der Waals surface area contributed by atoms with Crippen LogP contribution < -0.4 is 10.0 Å². The molecule has 0 atom stereocenters. The Bertz CT molecular complexity index is 592. The Kier molecular flexibility index (Phi) is 5.01. The summed E-state index contributed by atoms with van der Waals surface area (Å²) in [6.45, 7) is 5.22. The molecule has 1 aromatic rings. The maximum atomic E-state index is 14.1. The van der Waals surface area contributed by atoms with E-state index in [-0.39, 0.29) is 10.4 Å². The molecule has 1 saturated carbocycles. The molecule has 0 spiro atoms. The van der Waals surface area contributed by atoms with Gasteiger partial charge in [0.05, 0.1) is 0 Å². The molecule has 118 valence electrons. The number of halogens is 1. The minimum atomic E-state index is -3.80. The van der Waals surface area contributed by atoms with Crippen molar-refractivity contribution in [3.63, 3.8) is 0 Å². The number of sulfonamides is 1. The molecule has 0 unspecified atom stereocenters. The highest BCUT2D eigenvalue weighted by Gasteiger charge is 2.39. The molecule has 0 bridgehead atoms. The summed E-state index contributed by atoms with van der Waals surface area (Å²) in [6.07, 6.45) is 3.39. The average molecular weight is 314 g/mol. The van der Waals surface area contributed by atoms with Crippen LogP contribution in [0.15, 0.2) is 23.1 Å². The van der Waals surface area contributed by atoms with Crippen LogP contribution in [0.2, 0.25) is 0 Å². The van der Waals surface area contributed by atoms with Gasteiger partial charge in [-0.15, -0.1) is 0 Å². The molecule has 0 radical (unpaired) electrons. The molecular formula is C15H23FN2O2S. The van der Waals surface area contributed by atoms with Crippen LogP contribution in [0.3, 0.4) is 0 Å². The minimum absolute atomic E-state index is 0.262. The molecule has 4 nitrogen and oxygen atoms in total. The second kappa shape index (κ2) is 6.42. The van der Waals surface area contributed by atoms with Crippen LogP contribution in [0.5, 0.6) is 0 Å². The van der Waals surface area contributed by atoms with E-state index in [2.05, 4.69) is 10.0 Å². The smallest absolute Gasteiger partial charge is 0.243 e. The third kappa shape index (κ3) is 3.62. The zero-order valence-electron chi connectivity index (χ0n) is 12.6. The van der Waals surface area contributed by atoms with Crippen molar-refractivity contribution in [3.8, 4) is 0 Å². The summed E-state index contributed by atoms with van der Waals surface area (Å²) in [5, 5.41) is 3.08. The molecule has 2 rings (SSSR count). The maximum Gasteiger partial charge on any atom is 0.243 e. The lowest BCUT2D eigenvalue weighted by Gasteiger charge is -2.41. The highest BCUT2D eigenvalue weighted by Crippen LogP contribution is 2.36. The van der Waals surface area contributed by atoms with E-state index in [4.69, 9.17) is 0 Å². The first kappa shape index (κ1) is 16.4. The molecule has 0 saturated heterocycles. The van der Waals surface area contributed by atoms with Gasteiger partial charge in [0.15, 0.2) is 0 Å². The Balaban J connectivity index is 2.20. The molecule has 2 N–H and O–H groups in total. The first-order chi connectivity index (χ1) is 9.92. The Hall–Kier alpha value is -0.980. The van der Waals surface area contributed by atoms with Gasteiger partial charge in [-0.2, -0.15) is 0 Å². The molecule has 0 aliphatic heterocycles. The van der Waals surface area contributed by atoms with Gasteiger partial charge >= 0.3 is 0 Å². The van der Waals surface area contributed by atoms with E-state index in [9.17, 15) is 12.8 Å². The van der Waals surface area contributed by atoms with Gasteiger partial charge in [-0.1, -0.05) is 19.9 Å². The lowest BCUT2D eigenvalue weighted by atomic mass is 9.76. The predicted molar refractivity (Wildman–Crippen MR) is 81.0 cm³/mol. The Morgan fingerprint density at radius 2 is 2.00 bits per heavy atom. The molecular weight excluding hydrogens is 291 g/mol. The van der Waals surface area contributed by atoms with Crippen LogP contribution in [0, 0.1) is 5.82 Å². The topological polar surface area (TPSA) is 58.2 Å². The van der Waals surface area contributed by atoms with Crippen LogP contribution in [-0.2, 0) is 16.6 Å². The molecule has 1 aliphatic carbocycles. The summed E-state index contributed by atoms with van der Waals surface area (Å²) in [4.78, 5) is -0.262. The highest BCUT2D eigenvalue weighted by molar-refractivity contribution is 7.89. The van der Waals surface area contributed by atoms with Crippen molar-refractivity contribution in [1.82, 2.24) is 10.0 Å². The third-order valence-corrected chi connectivity index (χ3v) is 5.82. The first-order valence-corrected chi connectivity index (χ1v) is 8.94. The Morgan fingerprint density at radius 3 is 2.48 bits per heavy atom. The normalized spacial score (nSPS) is 17.5. The largest absolute Gasteiger partial charge is 0.313 e.